The first-order chi connectivity index (χ1) is 10.6. The fourth-order valence-electron chi connectivity index (χ4n) is 2.66. The van der Waals surface area contributed by atoms with E-state index >= 15 is 0 Å². The van der Waals surface area contributed by atoms with E-state index in [1.165, 1.54) is 18.9 Å². The van der Waals surface area contributed by atoms with Crippen molar-refractivity contribution in [2.24, 2.45) is 0 Å². The predicted octanol–water partition coefficient (Wildman–Crippen LogP) is 4.06. The normalized spacial score (nSPS) is 14.6. The van der Waals surface area contributed by atoms with Crippen LogP contribution in [0.1, 0.15) is 18.5 Å². The van der Waals surface area contributed by atoms with Gasteiger partial charge in [-0.05, 0) is 47.9 Å². The number of aromatic nitrogens is 2. The number of H-pyrrole nitrogens is 1. The van der Waals surface area contributed by atoms with Crippen LogP contribution in [0.3, 0.4) is 0 Å². The average Bonchev–Trinajstić information content (AvgIpc) is 3.17. The van der Waals surface area contributed by atoms with Crippen LogP contribution in [0.15, 0.2) is 41.4 Å². The summed E-state index contributed by atoms with van der Waals surface area (Å²) in [6, 6.07) is 8.98. The molecule has 112 valence electrons. The van der Waals surface area contributed by atoms with Gasteiger partial charge in [-0.3, -0.25) is 0 Å². The summed E-state index contributed by atoms with van der Waals surface area (Å²) >= 11 is 1.81. The summed E-state index contributed by atoms with van der Waals surface area (Å²) in [4.78, 5) is 4.10. The number of aromatic amines is 1. The van der Waals surface area contributed by atoms with Crippen molar-refractivity contribution in [1.29, 1.82) is 0 Å². The Morgan fingerprint density at radius 3 is 2.82 bits per heavy atom. The van der Waals surface area contributed by atoms with Gasteiger partial charge in [-0.25, -0.2) is 9.37 Å². The largest absolute Gasteiger partial charge is 0.349 e. The van der Waals surface area contributed by atoms with Crippen LogP contribution in [0.4, 0.5) is 4.39 Å². The Morgan fingerprint density at radius 1 is 1.23 bits per heavy atom. The van der Waals surface area contributed by atoms with Crippen molar-refractivity contribution in [1.82, 2.24) is 4.98 Å². The van der Waals surface area contributed by atoms with Crippen LogP contribution in [0.2, 0.25) is 0 Å². The number of halogens is 1. The molecule has 1 aliphatic rings. The van der Waals surface area contributed by atoms with Gasteiger partial charge in [0.05, 0.1) is 11.6 Å². The molecule has 1 aliphatic carbocycles. The lowest BCUT2D eigenvalue weighted by Gasteiger charge is -2.08. The third-order valence-corrected chi connectivity index (χ3v) is 5.30. The zero-order chi connectivity index (χ0) is 15.3. The molecule has 4 rings (SSSR count). The van der Waals surface area contributed by atoms with Crippen molar-refractivity contribution >= 4 is 22.8 Å². The van der Waals surface area contributed by atoms with E-state index in [0.717, 1.165) is 20.6 Å². The van der Waals surface area contributed by atoms with Gasteiger partial charge in [0.1, 0.15) is 11.5 Å². The highest BCUT2D eigenvalue weighted by Crippen LogP contribution is 2.41. The number of thioether (sulfide) groups is 1. The summed E-state index contributed by atoms with van der Waals surface area (Å²) in [5.41, 5.74) is 2.62. The molecule has 0 spiro atoms. The number of benzene rings is 1. The number of hydrogen-bond donors (Lipinski definition) is 2. The van der Waals surface area contributed by atoms with Crippen LogP contribution in [0, 0.1) is 12.7 Å². The minimum absolute atomic E-state index is 0.238. The third kappa shape index (κ3) is 2.25. The molecule has 0 radical (unpaired) electrons. The maximum atomic E-state index is 14.4. The molecule has 0 saturated heterocycles. The minimum atomic E-state index is -0.238. The molecule has 1 aromatic carbocycles. The molecule has 2 aromatic heterocycles. The number of rotatable bonds is 3. The zero-order valence-electron chi connectivity index (χ0n) is 12.1. The van der Waals surface area contributed by atoms with Gasteiger partial charge in [-0.1, -0.05) is 0 Å². The smallest absolute Gasteiger partial charge is 0.326 e. The number of nitrogens with zero attached hydrogens (tertiary/aromatic N) is 1. The molecule has 22 heavy (non-hydrogen) atoms. The fraction of sp³-hybridized carbons (Fsp3) is 0.235. The molecule has 3 aromatic rings. The van der Waals surface area contributed by atoms with Gasteiger partial charge in [-0.15, -0.1) is 11.8 Å². The second-order valence-electron chi connectivity index (χ2n) is 5.71. The molecule has 0 atom stereocenters. The minimum Gasteiger partial charge on any atom is -0.349 e. The Hall–Kier alpha value is -2.01. The van der Waals surface area contributed by atoms with E-state index in [4.69, 9.17) is 0 Å². The van der Waals surface area contributed by atoms with Crippen molar-refractivity contribution in [3.05, 3.63) is 48.0 Å². The van der Waals surface area contributed by atoms with Crippen molar-refractivity contribution in [2.45, 2.75) is 29.9 Å². The molecule has 1 saturated carbocycles. The van der Waals surface area contributed by atoms with E-state index in [-0.39, 0.29) is 5.82 Å². The van der Waals surface area contributed by atoms with Crippen molar-refractivity contribution in [3.8, 4) is 11.1 Å². The molecule has 3 nitrogen and oxygen atoms in total. The lowest BCUT2D eigenvalue weighted by atomic mass is 10.0. The maximum Gasteiger partial charge on any atom is 0.326 e. The first-order valence-corrected chi connectivity index (χ1v) is 8.20. The molecule has 2 N–H and O–H groups in total. The van der Waals surface area contributed by atoms with Gasteiger partial charge >= 0.3 is 5.65 Å². The quantitative estimate of drug-likeness (QED) is 0.565. The Kier molecular flexibility index (Phi) is 3.11. The first-order valence-electron chi connectivity index (χ1n) is 7.32. The highest BCUT2D eigenvalue weighted by Gasteiger charge is 2.24. The monoisotopic (exact) mass is 315 g/mol. The second kappa shape index (κ2) is 5.02. The summed E-state index contributed by atoms with van der Waals surface area (Å²) in [5, 5.41) is 11.5. The summed E-state index contributed by atoms with van der Waals surface area (Å²) in [6.45, 7) is 1.80. The predicted molar refractivity (Wildman–Crippen MR) is 84.7 cm³/mol. The molecule has 0 bridgehead atoms. The SMILES string of the molecule is Cc1cc(-c2cc(SC3CC3)ccc2F)c2cc[nH]c2[n+]1O. The van der Waals surface area contributed by atoms with Gasteiger partial charge < -0.3 is 5.21 Å². The van der Waals surface area contributed by atoms with Crippen LogP contribution < -0.4 is 4.73 Å². The fourth-order valence-corrected chi connectivity index (χ4v) is 3.75. The molecular weight excluding hydrogens is 299 g/mol. The standard InChI is InChI=1S/C17H15FN2OS/c1-10-8-14(13-6-7-19-17(13)20(10)21)15-9-12(4-5-16(15)18)22-11-2-3-11/h4-9,11,21H,2-3H2,1H3/p+1. The molecule has 2 heterocycles. The molecular formula is C17H16FN2OS+. The molecule has 0 amide bonds. The molecule has 5 heteroatoms. The average molecular weight is 315 g/mol. The Labute approximate surface area is 131 Å². The van der Waals surface area contributed by atoms with E-state index < -0.39 is 0 Å². The van der Waals surface area contributed by atoms with E-state index in [2.05, 4.69) is 4.98 Å². The Bertz CT molecular complexity index is 870. The van der Waals surface area contributed by atoms with Crippen LogP contribution >= 0.6 is 11.8 Å². The van der Waals surface area contributed by atoms with Gasteiger partial charge in [-0.2, -0.15) is 0 Å². The summed E-state index contributed by atoms with van der Waals surface area (Å²) in [7, 11) is 0. The van der Waals surface area contributed by atoms with Crippen molar-refractivity contribution in [2.75, 3.05) is 0 Å². The Morgan fingerprint density at radius 2 is 2.05 bits per heavy atom. The molecule has 0 unspecified atom stereocenters. The second-order valence-corrected chi connectivity index (χ2v) is 7.08. The van der Waals surface area contributed by atoms with Crippen molar-refractivity contribution in [3.63, 3.8) is 0 Å². The summed E-state index contributed by atoms with van der Waals surface area (Å²) < 4.78 is 15.5. The summed E-state index contributed by atoms with van der Waals surface area (Å²) in [5.74, 6) is -0.238. The number of fused-ring (bicyclic) bond motifs is 1. The van der Waals surface area contributed by atoms with Gasteiger partial charge in [0.15, 0.2) is 0 Å². The lowest BCUT2D eigenvalue weighted by Crippen LogP contribution is -2.34. The highest BCUT2D eigenvalue weighted by atomic mass is 32.2. The number of hydrogen-bond acceptors (Lipinski definition) is 2. The zero-order valence-corrected chi connectivity index (χ0v) is 13.0. The maximum absolute atomic E-state index is 14.4. The van der Waals surface area contributed by atoms with Crippen molar-refractivity contribution < 1.29 is 14.3 Å². The number of nitrogens with one attached hydrogen (secondary N) is 1. The first kappa shape index (κ1) is 13.6. The van der Waals surface area contributed by atoms with E-state index in [1.54, 1.807) is 13.1 Å². The van der Waals surface area contributed by atoms with E-state index in [0.29, 0.717) is 22.2 Å². The van der Waals surface area contributed by atoms with Crippen LogP contribution in [0.25, 0.3) is 22.2 Å². The van der Waals surface area contributed by atoms with Crippen LogP contribution in [0.5, 0.6) is 0 Å². The van der Waals surface area contributed by atoms with Gasteiger partial charge in [0.2, 0.25) is 0 Å². The van der Waals surface area contributed by atoms with Crippen LogP contribution in [-0.2, 0) is 0 Å². The summed E-state index contributed by atoms with van der Waals surface area (Å²) in [6.07, 6.45) is 4.24. The van der Waals surface area contributed by atoms with E-state index in [1.807, 2.05) is 36.0 Å². The highest BCUT2D eigenvalue weighted by molar-refractivity contribution is 8.00. The lowest BCUT2D eigenvalue weighted by molar-refractivity contribution is -0.889. The van der Waals surface area contributed by atoms with E-state index in [9.17, 15) is 9.60 Å². The molecule has 0 aliphatic heterocycles. The third-order valence-electron chi connectivity index (χ3n) is 3.97. The van der Waals surface area contributed by atoms with Crippen LogP contribution in [-0.4, -0.2) is 15.4 Å². The molecule has 1 fully saturated rings. The van der Waals surface area contributed by atoms with Gasteiger partial charge in [0.25, 0.3) is 0 Å². The number of pyridine rings is 1. The van der Waals surface area contributed by atoms with Gasteiger partial charge in [0, 0.05) is 28.2 Å². The Balaban J connectivity index is 1.90. The number of aryl methyl sites for hydroxylation is 1. The topological polar surface area (TPSA) is 39.9 Å².